The van der Waals surface area contributed by atoms with Crippen LogP contribution in [0.25, 0.3) is 21.3 Å². The van der Waals surface area contributed by atoms with Crippen LogP contribution in [0.2, 0.25) is 0 Å². The van der Waals surface area contributed by atoms with Gasteiger partial charge in [0, 0.05) is 27.1 Å². The zero-order chi connectivity index (χ0) is 20.3. The molecule has 0 saturated carbocycles. The molecule has 5 rings (SSSR count). The maximum atomic E-state index is 14.8. The molecule has 3 heterocycles. The predicted octanol–water partition coefficient (Wildman–Crippen LogP) is 5.16. The van der Waals surface area contributed by atoms with E-state index >= 15 is 0 Å². The Morgan fingerprint density at radius 2 is 2.03 bits per heavy atom. The molecule has 2 aromatic carbocycles. The van der Waals surface area contributed by atoms with Crippen molar-refractivity contribution in [1.29, 1.82) is 0 Å². The standard InChI is InChI=1S/C23H21FN2O2S/c1-23(2,28)22-8-13-7-16(17(24)9-21(13)29-22)20(27)10-18-14-5-3-4-6-15(14)19-11-25-12-26(18)19/h3-9,11-12,18,20,27-28H,10H2,1-2H3. The summed E-state index contributed by atoms with van der Waals surface area (Å²) in [5, 5.41) is 22.0. The highest BCUT2D eigenvalue weighted by atomic mass is 32.1. The van der Waals surface area contributed by atoms with E-state index in [0.717, 1.165) is 31.8 Å². The number of aliphatic hydroxyl groups excluding tert-OH is 1. The van der Waals surface area contributed by atoms with Crippen molar-refractivity contribution in [3.63, 3.8) is 0 Å². The van der Waals surface area contributed by atoms with E-state index < -0.39 is 17.5 Å². The van der Waals surface area contributed by atoms with Gasteiger partial charge in [-0.15, -0.1) is 11.3 Å². The quantitative estimate of drug-likeness (QED) is 0.490. The molecule has 0 amide bonds. The van der Waals surface area contributed by atoms with Crippen molar-refractivity contribution in [2.45, 2.75) is 38.0 Å². The topological polar surface area (TPSA) is 58.3 Å². The van der Waals surface area contributed by atoms with Crippen molar-refractivity contribution < 1.29 is 14.6 Å². The average Bonchev–Trinajstić information content (AvgIpc) is 3.36. The molecule has 0 saturated heterocycles. The lowest BCUT2D eigenvalue weighted by molar-refractivity contribution is 0.0826. The van der Waals surface area contributed by atoms with Gasteiger partial charge < -0.3 is 14.8 Å². The number of benzene rings is 2. The second-order valence-electron chi connectivity index (χ2n) is 8.12. The van der Waals surface area contributed by atoms with Gasteiger partial charge in [-0.25, -0.2) is 9.37 Å². The molecule has 1 aliphatic heterocycles. The number of aliphatic hydroxyl groups is 2. The minimum Gasteiger partial charge on any atom is -0.388 e. The minimum absolute atomic E-state index is 0.0943. The number of fused-ring (bicyclic) bond motifs is 4. The van der Waals surface area contributed by atoms with Gasteiger partial charge in [0.15, 0.2) is 0 Å². The summed E-state index contributed by atoms with van der Waals surface area (Å²) in [6.45, 7) is 3.42. The van der Waals surface area contributed by atoms with Crippen LogP contribution in [0, 0.1) is 5.82 Å². The molecular weight excluding hydrogens is 387 g/mol. The third-order valence-corrected chi connectivity index (χ3v) is 7.05. The van der Waals surface area contributed by atoms with E-state index in [1.807, 2.05) is 41.1 Å². The van der Waals surface area contributed by atoms with Crippen LogP contribution in [-0.2, 0) is 5.60 Å². The first-order chi connectivity index (χ1) is 13.8. The van der Waals surface area contributed by atoms with E-state index in [9.17, 15) is 14.6 Å². The molecule has 2 atom stereocenters. The maximum absolute atomic E-state index is 14.8. The number of nitrogens with zero attached hydrogens (tertiary/aromatic N) is 2. The fourth-order valence-electron chi connectivity index (χ4n) is 4.15. The van der Waals surface area contributed by atoms with Gasteiger partial charge in [-0.2, -0.15) is 0 Å². The van der Waals surface area contributed by atoms with E-state index in [2.05, 4.69) is 4.98 Å². The molecule has 148 valence electrons. The van der Waals surface area contributed by atoms with Crippen molar-refractivity contribution in [2.75, 3.05) is 0 Å². The number of hydrogen-bond acceptors (Lipinski definition) is 4. The molecule has 4 aromatic rings. The van der Waals surface area contributed by atoms with Gasteiger partial charge in [0.1, 0.15) is 5.82 Å². The third kappa shape index (κ3) is 2.99. The van der Waals surface area contributed by atoms with E-state index in [-0.39, 0.29) is 11.6 Å². The van der Waals surface area contributed by atoms with Crippen molar-refractivity contribution in [2.24, 2.45) is 0 Å². The average molecular weight is 408 g/mol. The summed E-state index contributed by atoms with van der Waals surface area (Å²) in [6, 6.07) is 13.0. The highest BCUT2D eigenvalue weighted by Crippen LogP contribution is 2.44. The number of thiophene rings is 1. The van der Waals surface area contributed by atoms with Crippen LogP contribution in [0.4, 0.5) is 4.39 Å². The predicted molar refractivity (Wildman–Crippen MR) is 112 cm³/mol. The molecule has 0 bridgehead atoms. The summed E-state index contributed by atoms with van der Waals surface area (Å²) in [5.41, 5.74) is 2.53. The molecule has 4 nitrogen and oxygen atoms in total. The Balaban J connectivity index is 1.51. The van der Waals surface area contributed by atoms with Gasteiger partial charge in [-0.1, -0.05) is 24.3 Å². The van der Waals surface area contributed by atoms with Crippen LogP contribution < -0.4 is 0 Å². The van der Waals surface area contributed by atoms with E-state index in [1.54, 1.807) is 26.2 Å². The van der Waals surface area contributed by atoms with E-state index in [1.165, 1.54) is 17.4 Å². The number of hydrogen-bond donors (Lipinski definition) is 2. The molecule has 0 spiro atoms. The minimum atomic E-state index is -0.982. The highest BCUT2D eigenvalue weighted by molar-refractivity contribution is 7.19. The maximum Gasteiger partial charge on any atom is 0.130 e. The largest absolute Gasteiger partial charge is 0.388 e. The number of halogens is 1. The Labute approximate surface area is 171 Å². The molecule has 0 aliphatic carbocycles. The Morgan fingerprint density at radius 1 is 1.24 bits per heavy atom. The zero-order valence-electron chi connectivity index (χ0n) is 16.1. The van der Waals surface area contributed by atoms with Crippen molar-refractivity contribution in [3.05, 3.63) is 76.8 Å². The number of aromatic nitrogens is 2. The molecule has 0 radical (unpaired) electrons. The summed E-state index contributed by atoms with van der Waals surface area (Å²) in [6.07, 6.45) is 2.98. The summed E-state index contributed by atoms with van der Waals surface area (Å²) in [7, 11) is 0. The monoisotopic (exact) mass is 408 g/mol. The molecule has 29 heavy (non-hydrogen) atoms. The van der Waals surface area contributed by atoms with Crippen LogP contribution in [0.3, 0.4) is 0 Å². The molecular formula is C23H21FN2O2S. The van der Waals surface area contributed by atoms with Gasteiger partial charge in [0.25, 0.3) is 0 Å². The molecule has 0 fully saturated rings. The molecule has 1 aliphatic rings. The van der Waals surface area contributed by atoms with Crippen molar-refractivity contribution in [1.82, 2.24) is 9.55 Å². The fourth-order valence-corrected chi connectivity index (χ4v) is 5.22. The SMILES string of the molecule is CC(C)(O)c1cc2cc(C(O)CC3c4ccccc4-c4cncn43)c(F)cc2s1. The van der Waals surface area contributed by atoms with E-state index in [4.69, 9.17) is 0 Å². The first-order valence-corrected chi connectivity index (χ1v) is 10.4. The zero-order valence-corrected chi connectivity index (χ0v) is 16.9. The second-order valence-corrected chi connectivity index (χ2v) is 9.21. The normalized spacial score (nSPS) is 16.8. The van der Waals surface area contributed by atoms with Crippen LogP contribution in [0.1, 0.15) is 48.4 Å². The Hall–Kier alpha value is -2.54. The summed E-state index contributed by atoms with van der Waals surface area (Å²) < 4.78 is 17.7. The fraction of sp³-hybridized carbons (Fsp3) is 0.261. The summed E-state index contributed by atoms with van der Waals surface area (Å²) in [5.74, 6) is -0.425. The lowest BCUT2D eigenvalue weighted by atomic mass is 9.95. The first kappa shape index (κ1) is 18.5. The van der Waals surface area contributed by atoms with Crippen molar-refractivity contribution in [3.8, 4) is 11.3 Å². The number of imidazole rings is 1. The Morgan fingerprint density at radius 3 is 2.83 bits per heavy atom. The summed E-state index contributed by atoms with van der Waals surface area (Å²) >= 11 is 1.37. The lowest BCUT2D eigenvalue weighted by Crippen LogP contribution is -2.12. The van der Waals surface area contributed by atoms with Crippen molar-refractivity contribution >= 4 is 21.4 Å². The molecule has 6 heteroatoms. The first-order valence-electron chi connectivity index (χ1n) is 9.58. The van der Waals surface area contributed by atoms with Crippen LogP contribution in [-0.4, -0.2) is 19.8 Å². The van der Waals surface area contributed by atoms with Gasteiger partial charge in [0.2, 0.25) is 0 Å². The van der Waals surface area contributed by atoms with Gasteiger partial charge >= 0.3 is 0 Å². The third-order valence-electron chi connectivity index (χ3n) is 5.64. The smallest absolute Gasteiger partial charge is 0.130 e. The molecule has 2 N–H and O–H groups in total. The highest BCUT2D eigenvalue weighted by Gasteiger charge is 2.31. The number of rotatable bonds is 4. The Bertz CT molecular complexity index is 1220. The van der Waals surface area contributed by atoms with Gasteiger partial charge in [0.05, 0.1) is 36.0 Å². The van der Waals surface area contributed by atoms with Gasteiger partial charge in [-0.05, 0) is 43.0 Å². The molecule has 2 unspecified atom stereocenters. The second kappa shape index (κ2) is 6.49. The van der Waals surface area contributed by atoms with E-state index in [0.29, 0.717) is 6.42 Å². The van der Waals surface area contributed by atoms with Crippen LogP contribution in [0.15, 0.2) is 55.0 Å². The van der Waals surface area contributed by atoms with Crippen LogP contribution in [0.5, 0.6) is 0 Å². The lowest BCUT2D eigenvalue weighted by Gasteiger charge is -2.20. The Kier molecular flexibility index (Phi) is 4.13. The van der Waals surface area contributed by atoms with Crippen LogP contribution >= 0.6 is 11.3 Å². The molecule has 2 aromatic heterocycles. The summed E-state index contributed by atoms with van der Waals surface area (Å²) in [4.78, 5) is 5.01. The van der Waals surface area contributed by atoms with Gasteiger partial charge in [-0.3, -0.25) is 0 Å².